The third-order valence-electron chi connectivity index (χ3n) is 3.73. The van der Waals surface area contributed by atoms with Crippen LogP contribution in [0.4, 0.5) is 8.78 Å². The number of rotatable bonds is 10. The number of hydrogen-bond donors (Lipinski definition) is 2. The van der Waals surface area contributed by atoms with E-state index in [1.165, 1.54) is 44.2 Å². The van der Waals surface area contributed by atoms with Crippen LogP contribution >= 0.6 is 15.9 Å². The number of halogens is 3. The van der Waals surface area contributed by atoms with E-state index in [-0.39, 0.29) is 10.0 Å². The van der Waals surface area contributed by atoms with Gasteiger partial charge in [-0.05, 0) is 34.5 Å². The summed E-state index contributed by atoms with van der Waals surface area (Å²) < 4.78 is 28.1. The zero-order valence-electron chi connectivity index (χ0n) is 12.6. The molecule has 0 saturated carbocycles. The molecule has 0 aliphatic carbocycles. The molecule has 21 heavy (non-hydrogen) atoms. The second-order valence-corrected chi connectivity index (χ2v) is 6.24. The molecule has 0 heterocycles. The first-order valence-electron chi connectivity index (χ1n) is 7.71. The highest BCUT2D eigenvalue weighted by molar-refractivity contribution is 9.10. The summed E-state index contributed by atoms with van der Waals surface area (Å²) in [5.74, 6) is 4.35. The lowest BCUT2D eigenvalue weighted by atomic mass is 9.99. The first-order chi connectivity index (χ1) is 10.1. The normalized spacial score (nSPS) is 12.6. The molecule has 0 aliphatic heterocycles. The lowest BCUT2D eigenvalue weighted by Gasteiger charge is -2.18. The average molecular weight is 363 g/mol. The summed E-state index contributed by atoms with van der Waals surface area (Å²) in [6, 6.07) is 2.14. The van der Waals surface area contributed by atoms with Gasteiger partial charge in [-0.2, -0.15) is 0 Å². The zero-order chi connectivity index (χ0) is 15.7. The Morgan fingerprint density at radius 2 is 1.71 bits per heavy atom. The minimum absolute atomic E-state index is 0.0258. The van der Waals surface area contributed by atoms with E-state index in [1.54, 1.807) is 0 Å². The molecule has 0 spiro atoms. The number of benzene rings is 1. The highest BCUT2D eigenvalue weighted by atomic mass is 79.9. The van der Waals surface area contributed by atoms with Crippen LogP contribution in [0.15, 0.2) is 16.6 Å². The van der Waals surface area contributed by atoms with Gasteiger partial charge in [0.2, 0.25) is 0 Å². The lowest BCUT2D eigenvalue weighted by molar-refractivity contribution is 0.433. The monoisotopic (exact) mass is 362 g/mol. The van der Waals surface area contributed by atoms with Crippen molar-refractivity contribution in [3.63, 3.8) is 0 Å². The number of unbranched alkanes of at least 4 members (excludes halogenated alkanes) is 6. The van der Waals surface area contributed by atoms with E-state index >= 15 is 0 Å². The van der Waals surface area contributed by atoms with Gasteiger partial charge >= 0.3 is 0 Å². The molecule has 0 saturated heterocycles. The van der Waals surface area contributed by atoms with Crippen molar-refractivity contribution in [3.8, 4) is 0 Å². The predicted octanol–water partition coefficient (Wildman–Crippen LogP) is 5.37. The van der Waals surface area contributed by atoms with Gasteiger partial charge < -0.3 is 0 Å². The van der Waals surface area contributed by atoms with E-state index in [0.29, 0.717) is 6.42 Å². The van der Waals surface area contributed by atoms with Crippen LogP contribution in [0.25, 0.3) is 0 Å². The van der Waals surface area contributed by atoms with E-state index in [9.17, 15) is 8.78 Å². The van der Waals surface area contributed by atoms with Crippen LogP contribution in [0.2, 0.25) is 0 Å². The van der Waals surface area contributed by atoms with Crippen molar-refractivity contribution in [1.29, 1.82) is 0 Å². The van der Waals surface area contributed by atoms with Crippen molar-refractivity contribution in [1.82, 2.24) is 5.43 Å². The van der Waals surface area contributed by atoms with Gasteiger partial charge in [0, 0.05) is 5.56 Å². The molecule has 2 nitrogen and oxygen atoms in total. The van der Waals surface area contributed by atoms with Crippen LogP contribution in [0.3, 0.4) is 0 Å². The number of nitrogens with one attached hydrogen (secondary N) is 1. The number of hydrogen-bond acceptors (Lipinski definition) is 2. The van der Waals surface area contributed by atoms with Gasteiger partial charge in [0.1, 0.15) is 11.6 Å². The molecule has 5 heteroatoms. The Hall–Kier alpha value is -0.520. The molecule has 1 aromatic rings. The minimum Gasteiger partial charge on any atom is -0.271 e. The maximum absolute atomic E-state index is 14.0. The summed E-state index contributed by atoms with van der Waals surface area (Å²) in [7, 11) is 0. The van der Waals surface area contributed by atoms with E-state index in [1.807, 2.05) is 0 Å². The zero-order valence-corrected chi connectivity index (χ0v) is 14.2. The minimum atomic E-state index is -0.569. The molecule has 0 amide bonds. The molecule has 1 rings (SSSR count). The smallest absolute Gasteiger partial charge is 0.145 e. The average Bonchev–Trinajstić information content (AvgIpc) is 2.48. The van der Waals surface area contributed by atoms with Crippen molar-refractivity contribution < 1.29 is 8.78 Å². The molecule has 0 fully saturated rings. The van der Waals surface area contributed by atoms with Crippen molar-refractivity contribution in [2.75, 3.05) is 0 Å². The van der Waals surface area contributed by atoms with Crippen molar-refractivity contribution in [2.24, 2.45) is 5.84 Å². The third kappa shape index (κ3) is 6.01. The number of nitrogens with two attached hydrogens (primary N) is 1. The van der Waals surface area contributed by atoms with Gasteiger partial charge in [-0.3, -0.25) is 11.3 Å². The van der Waals surface area contributed by atoms with Crippen LogP contribution in [0.5, 0.6) is 0 Å². The quantitative estimate of drug-likeness (QED) is 0.254. The molecular formula is C16H25BrF2N2. The molecule has 3 N–H and O–H groups in total. The lowest BCUT2D eigenvalue weighted by Crippen LogP contribution is -2.29. The Labute approximate surface area is 134 Å². The van der Waals surface area contributed by atoms with Gasteiger partial charge in [-0.25, -0.2) is 8.78 Å². The Morgan fingerprint density at radius 1 is 1.10 bits per heavy atom. The molecule has 0 aromatic heterocycles. The second-order valence-electron chi connectivity index (χ2n) is 5.39. The van der Waals surface area contributed by atoms with Crippen LogP contribution in [-0.2, 0) is 0 Å². The van der Waals surface area contributed by atoms with E-state index < -0.39 is 17.7 Å². The van der Waals surface area contributed by atoms with E-state index in [2.05, 4.69) is 28.3 Å². The standard InChI is InChI=1S/C16H25BrF2N2/c1-2-3-4-5-6-7-8-9-14(21-20)15-13(18)11-10-12(17)16(15)19/h10-11,14,21H,2-9,20H2,1H3. The molecule has 0 radical (unpaired) electrons. The van der Waals surface area contributed by atoms with Gasteiger partial charge in [0.05, 0.1) is 10.5 Å². The van der Waals surface area contributed by atoms with Crippen molar-refractivity contribution >= 4 is 15.9 Å². The highest BCUT2D eigenvalue weighted by Crippen LogP contribution is 2.29. The fourth-order valence-electron chi connectivity index (χ4n) is 2.48. The Bertz CT molecular complexity index is 427. The summed E-state index contributed by atoms with van der Waals surface area (Å²) in [5.41, 5.74) is 2.56. The van der Waals surface area contributed by atoms with Crippen LogP contribution < -0.4 is 11.3 Å². The fourth-order valence-corrected chi connectivity index (χ4v) is 2.82. The van der Waals surface area contributed by atoms with Crippen LogP contribution in [0.1, 0.15) is 69.9 Å². The van der Waals surface area contributed by atoms with E-state index in [4.69, 9.17) is 5.84 Å². The fraction of sp³-hybridized carbons (Fsp3) is 0.625. The molecule has 0 bridgehead atoms. The molecule has 0 aliphatic rings. The van der Waals surface area contributed by atoms with Gasteiger partial charge in [-0.1, -0.05) is 51.9 Å². The van der Waals surface area contributed by atoms with Gasteiger partial charge in [0.15, 0.2) is 0 Å². The number of hydrazine groups is 1. The Morgan fingerprint density at radius 3 is 2.33 bits per heavy atom. The topological polar surface area (TPSA) is 38.0 Å². The molecule has 120 valence electrons. The first kappa shape index (κ1) is 18.5. The van der Waals surface area contributed by atoms with Crippen molar-refractivity contribution in [3.05, 3.63) is 33.8 Å². The Balaban J connectivity index is 2.47. The summed E-state index contributed by atoms with van der Waals surface area (Å²) in [6.45, 7) is 2.19. The molecule has 1 atom stereocenters. The molecule has 1 aromatic carbocycles. The Kier molecular flexibility index (Phi) is 9.04. The first-order valence-corrected chi connectivity index (χ1v) is 8.50. The maximum atomic E-state index is 14.0. The second kappa shape index (κ2) is 10.2. The summed E-state index contributed by atoms with van der Waals surface area (Å²) in [5, 5.41) is 0. The van der Waals surface area contributed by atoms with Gasteiger partial charge in [0.25, 0.3) is 0 Å². The summed E-state index contributed by atoms with van der Waals surface area (Å²) in [4.78, 5) is 0. The SMILES string of the molecule is CCCCCCCCCC(NN)c1c(F)ccc(Br)c1F. The van der Waals surface area contributed by atoms with Gasteiger partial charge in [-0.15, -0.1) is 0 Å². The van der Waals surface area contributed by atoms with Crippen LogP contribution in [-0.4, -0.2) is 0 Å². The largest absolute Gasteiger partial charge is 0.271 e. The predicted molar refractivity (Wildman–Crippen MR) is 86.7 cm³/mol. The highest BCUT2D eigenvalue weighted by Gasteiger charge is 2.20. The molecular weight excluding hydrogens is 338 g/mol. The van der Waals surface area contributed by atoms with Crippen molar-refractivity contribution in [2.45, 2.75) is 64.3 Å². The summed E-state index contributed by atoms with van der Waals surface area (Å²) >= 11 is 3.08. The molecule has 1 unspecified atom stereocenters. The van der Waals surface area contributed by atoms with E-state index in [0.717, 1.165) is 12.8 Å². The van der Waals surface area contributed by atoms with Crippen LogP contribution in [0, 0.1) is 11.6 Å². The maximum Gasteiger partial charge on any atom is 0.145 e. The summed E-state index contributed by atoms with van der Waals surface area (Å²) in [6.07, 6.45) is 8.79. The third-order valence-corrected chi connectivity index (χ3v) is 4.34.